The molecule has 1 aliphatic rings. The number of ether oxygens (including phenoxy) is 2. The highest BCUT2D eigenvalue weighted by Gasteiger charge is 2.38. The predicted molar refractivity (Wildman–Crippen MR) is 65.9 cm³/mol. The first-order valence-corrected chi connectivity index (χ1v) is 5.82. The summed E-state index contributed by atoms with van der Waals surface area (Å²) in [7, 11) is 0. The second-order valence-corrected chi connectivity index (χ2v) is 4.15. The van der Waals surface area contributed by atoms with Crippen LogP contribution in [0, 0.1) is 0 Å². The van der Waals surface area contributed by atoms with E-state index >= 15 is 0 Å². The lowest BCUT2D eigenvalue weighted by Gasteiger charge is -2.15. The molecule has 1 fully saturated rings. The molecule has 0 unspecified atom stereocenters. The average Bonchev–Trinajstić information content (AvgIpc) is 2.83. The minimum Gasteiger partial charge on any atom is -0.422 e. The van der Waals surface area contributed by atoms with Gasteiger partial charge in [-0.15, -0.1) is 0 Å². The molecule has 2 aromatic carbocycles. The first-order chi connectivity index (χ1) is 8.84. The van der Waals surface area contributed by atoms with Crippen molar-refractivity contribution >= 4 is 6.16 Å². The lowest BCUT2D eigenvalue weighted by Crippen LogP contribution is -2.06. The summed E-state index contributed by atoms with van der Waals surface area (Å²) >= 11 is 0. The van der Waals surface area contributed by atoms with Crippen molar-refractivity contribution < 1.29 is 14.3 Å². The molecule has 18 heavy (non-hydrogen) atoms. The van der Waals surface area contributed by atoms with E-state index in [2.05, 4.69) is 0 Å². The molecule has 0 N–H and O–H groups in total. The van der Waals surface area contributed by atoms with Gasteiger partial charge in [0.25, 0.3) is 0 Å². The molecule has 1 aliphatic heterocycles. The monoisotopic (exact) mass is 240 g/mol. The van der Waals surface area contributed by atoms with Gasteiger partial charge in [0.05, 0.1) is 0 Å². The molecular weight excluding hydrogens is 228 g/mol. The topological polar surface area (TPSA) is 35.5 Å². The van der Waals surface area contributed by atoms with E-state index in [1.165, 1.54) is 0 Å². The van der Waals surface area contributed by atoms with E-state index in [1.54, 1.807) is 0 Å². The minimum atomic E-state index is -0.613. The van der Waals surface area contributed by atoms with Gasteiger partial charge in [-0.3, -0.25) is 0 Å². The van der Waals surface area contributed by atoms with Crippen LogP contribution in [0.25, 0.3) is 0 Å². The van der Waals surface area contributed by atoms with Crippen molar-refractivity contribution in [1.82, 2.24) is 0 Å². The SMILES string of the molecule is O=C1O[C@H](c2ccccc2)[C@H](c2ccccc2)O1. The van der Waals surface area contributed by atoms with E-state index < -0.39 is 6.16 Å². The average molecular weight is 240 g/mol. The summed E-state index contributed by atoms with van der Waals surface area (Å²) in [5.41, 5.74) is 1.88. The normalized spacial score (nSPS) is 22.3. The zero-order chi connectivity index (χ0) is 12.4. The zero-order valence-corrected chi connectivity index (χ0v) is 9.65. The summed E-state index contributed by atoms with van der Waals surface area (Å²) < 4.78 is 10.5. The van der Waals surface area contributed by atoms with Crippen LogP contribution >= 0.6 is 0 Å². The maximum absolute atomic E-state index is 11.4. The smallest absolute Gasteiger partial charge is 0.422 e. The Morgan fingerprint density at radius 2 is 1.06 bits per heavy atom. The Morgan fingerprint density at radius 1 is 0.667 bits per heavy atom. The number of carbonyl (C=O) groups is 1. The number of cyclic esters (lactones) is 2. The van der Waals surface area contributed by atoms with Crippen molar-refractivity contribution in [2.45, 2.75) is 12.2 Å². The third-order valence-corrected chi connectivity index (χ3v) is 2.98. The Bertz CT molecular complexity index is 487. The molecule has 0 bridgehead atoms. The van der Waals surface area contributed by atoms with Crippen LogP contribution in [0.15, 0.2) is 60.7 Å². The Balaban J connectivity index is 1.96. The molecule has 1 saturated heterocycles. The van der Waals surface area contributed by atoms with Crippen LogP contribution in [0.5, 0.6) is 0 Å². The minimum absolute atomic E-state index is 0.374. The molecule has 1 heterocycles. The number of hydrogen-bond donors (Lipinski definition) is 0. The summed E-state index contributed by atoms with van der Waals surface area (Å²) in [6.45, 7) is 0. The predicted octanol–water partition coefficient (Wildman–Crippen LogP) is 3.64. The maximum atomic E-state index is 11.4. The third-order valence-electron chi connectivity index (χ3n) is 2.98. The van der Waals surface area contributed by atoms with Crippen LogP contribution in [0.2, 0.25) is 0 Å². The zero-order valence-electron chi connectivity index (χ0n) is 9.65. The number of carbonyl (C=O) groups excluding carboxylic acids is 1. The van der Waals surface area contributed by atoms with Crippen LogP contribution < -0.4 is 0 Å². The van der Waals surface area contributed by atoms with Crippen LogP contribution in [-0.2, 0) is 9.47 Å². The van der Waals surface area contributed by atoms with E-state index in [1.807, 2.05) is 60.7 Å². The van der Waals surface area contributed by atoms with E-state index in [0.717, 1.165) is 11.1 Å². The molecule has 0 aromatic heterocycles. The van der Waals surface area contributed by atoms with Crippen molar-refractivity contribution in [3.63, 3.8) is 0 Å². The first kappa shape index (κ1) is 10.8. The Morgan fingerprint density at radius 3 is 1.44 bits per heavy atom. The fourth-order valence-electron chi connectivity index (χ4n) is 2.13. The fourth-order valence-corrected chi connectivity index (χ4v) is 2.13. The lowest BCUT2D eigenvalue weighted by molar-refractivity contribution is 0.116. The van der Waals surface area contributed by atoms with Crippen molar-refractivity contribution in [3.8, 4) is 0 Å². The van der Waals surface area contributed by atoms with Gasteiger partial charge in [-0.1, -0.05) is 60.7 Å². The molecular formula is C15H12O3. The van der Waals surface area contributed by atoms with Gasteiger partial charge < -0.3 is 9.47 Å². The van der Waals surface area contributed by atoms with Crippen molar-refractivity contribution in [3.05, 3.63) is 71.8 Å². The quantitative estimate of drug-likeness (QED) is 0.752. The summed E-state index contributed by atoms with van der Waals surface area (Å²) in [4.78, 5) is 11.4. The lowest BCUT2D eigenvalue weighted by atomic mass is 9.99. The van der Waals surface area contributed by atoms with Gasteiger partial charge in [-0.05, 0) is 11.1 Å². The van der Waals surface area contributed by atoms with Crippen molar-refractivity contribution in [2.75, 3.05) is 0 Å². The molecule has 3 rings (SSSR count). The van der Waals surface area contributed by atoms with Crippen molar-refractivity contribution in [1.29, 1.82) is 0 Å². The van der Waals surface area contributed by atoms with E-state index in [0.29, 0.717) is 0 Å². The number of rotatable bonds is 2. The maximum Gasteiger partial charge on any atom is 0.509 e. The fraction of sp³-hybridized carbons (Fsp3) is 0.133. The molecule has 0 radical (unpaired) electrons. The number of hydrogen-bond acceptors (Lipinski definition) is 3. The molecule has 0 aliphatic carbocycles. The van der Waals surface area contributed by atoms with Crippen LogP contribution in [-0.4, -0.2) is 6.16 Å². The third kappa shape index (κ3) is 1.95. The van der Waals surface area contributed by atoms with Gasteiger partial charge >= 0.3 is 6.16 Å². The second kappa shape index (κ2) is 4.53. The van der Waals surface area contributed by atoms with E-state index in [9.17, 15) is 4.79 Å². The van der Waals surface area contributed by atoms with Crippen molar-refractivity contribution in [2.24, 2.45) is 0 Å². The molecule has 2 atom stereocenters. The Hall–Kier alpha value is -2.29. The van der Waals surface area contributed by atoms with Crippen LogP contribution in [0.4, 0.5) is 4.79 Å². The highest BCUT2D eigenvalue weighted by Crippen LogP contribution is 2.40. The Kier molecular flexibility index (Phi) is 2.73. The standard InChI is InChI=1S/C15H12O3/c16-15-17-13(11-7-3-1-4-8-11)14(18-15)12-9-5-2-6-10-12/h1-10,13-14H/t13-,14+. The van der Waals surface area contributed by atoms with Crippen LogP contribution in [0.1, 0.15) is 23.3 Å². The summed E-state index contributed by atoms with van der Waals surface area (Å²) in [5.74, 6) is 0. The molecule has 3 nitrogen and oxygen atoms in total. The Labute approximate surface area is 105 Å². The number of benzene rings is 2. The van der Waals surface area contributed by atoms with Gasteiger partial charge in [0, 0.05) is 0 Å². The van der Waals surface area contributed by atoms with Gasteiger partial charge in [0.15, 0.2) is 12.2 Å². The second-order valence-electron chi connectivity index (χ2n) is 4.15. The highest BCUT2D eigenvalue weighted by atomic mass is 16.8. The van der Waals surface area contributed by atoms with Gasteiger partial charge in [-0.25, -0.2) is 4.79 Å². The van der Waals surface area contributed by atoms with Gasteiger partial charge in [-0.2, -0.15) is 0 Å². The molecule has 0 saturated carbocycles. The van der Waals surface area contributed by atoms with E-state index in [4.69, 9.17) is 9.47 Å². The molecule has 0 spiro atoms. The molecule has 2 aromatic rings. The van der Waals surface area contributed by atoms with Gasteiger partial charge in [0.1, 0.15) is 0 Å². The van der Waals surface area contributed by atoms with Crippen LogP contribution in [0.3, 0.4) is 0 Å². The van der Waals surface area contributed by atoms with E-state index in [-0.39, 0.29) is 12.2 Å². The largest absolute Gasteiger partial charge is 0.509 e. The van der Waals surface area contributed by atoms with Gasteiger partial charge in [0.2, 0.25) is 0 Å². The summed E-state index contributed by atoms with van der Waals surface area (Å²) in [6, 6.07) is 19.3. The molecule has 0 amide bonds. The summed E-state index contributed by atoms with van der Waals surface area (Å²) in [5, 5.41) is 0. The highest BCUT2D eigenvalue weighted by molar-refractivity contribution is 5.63. The molecule has 3 heteroatoms. The summed E-state index contributed by atoms with van der Waals surface area (Å²) in [6.07, 6.45) is -1.36. The molecule has 90 valence electrons. The first-order valence-electron chi connectivity index (χ1n) is 5.82.